The number of nitriles is 1. The lowest BCUT2D eigenvalue weighted by Crippen LogP contribution is -2.10. The summed E-state index contributed by atoms with van der Waals surface area (Å²) in [6.45, 7) is 0. The van der Waals surface area contributed by atoms with Gasteiger partial charge in [0.25, 0.3) is 0 Å². The van der Waals surface area contributed by atoms with E-state index in [0.29, 0.717) is 5.56 Å². The molecule has 0 amide bonds. The molecule has 11 aromatic rings. The van der Waals surface area contributed by atoms with Gasteiger partial charge in [-0.1, -0.05) is 78.9 Å². The van der Waals surface area contributed by atoms with Gasteiger partial charge in [-0.05, 0) is 103 Å². The lowest BCUT2D eigenvalue weighted by Gasteiger charge is -2.27. The highest BCUT2D eigenvalue weighted by molar-refractivity contribution is 7.25. The molecule has 0 N–H and O–H groups in total. The number of fused-ring (bicyclic) bond motifs is 9. The van der Waals surface area contributed by atoms with Crippen LogP contribution >= 0.6 is 11.3 Å². The average Bonchev–Trinajstić information content (AvgIpc) is 3.89. The summed E-state index contributed by atoms with van der Waals surface area (Å²) in [5.74, 6) is 0. The number of rotatable bonds is 5. The van der Waals surface area contributed by atoms with Gasteiger partial charge < -0.3 is 14.0 Å². The summed E-state index contributed by atoms with van der Waals surface area (Å²) in [6, 6.07) is 67.1. The summed E-state index contributed by atoms with van der Waals surface area (Å²) in [6.07, 6.45) is 0. The summed E-state index contributed by atoms with van der Waals surface area (Å²) >= 11 is 1.84. The molecule has 5 heteroatoms. The molecule has 4 nitrogen and oxygen atoms in total. The zero-order valence-electron chi connectivity index (χ0n) is 29.0. The van der Waals surface area contributed by atoms with E-state index in [4.69, 9.17) is 0 Å². The van der Waals surface area contributed by atoms with Gasteiger partial charge in [0, 0.05) is 64.5 Å². The van der Waals surface area contributed by atoms with Crippen molar-refractivity contribution < 1.29 is 0 Å². The fourth-order valence-electron chi connectivity index (χ4n) is 8.38. The van der Waals surface area contributed by atoms with Gasteiger partial charge in [-0.15, -0.1) is 11.3 Å². The summed E-state index contributed by atoms with van der Waals surface area (Å²) in [7, 11) is 0. The normalized spacial score (nSPS) is 11.7. The first-order valence-electron chi connectivity index (χ1n) is 18.1. The van der Waals surface area contributed by atoms with Crippen molar-refractivity contribution in [1.29, 1.82) is 5.26 Å². The monoisotopic (exact) mass is 706 g/mol. The Bertz CT molecular complexity index is 3230. The van der Waals surface area contributed by atoms with Gasteiger partial charge in [0.1, 0.15) is 0 Å². The SMILES string of the molecule is N#Cc1ccc(N(c2ccc(-n3c4ccccc4c4ccccc43)cc2)c2cccc3c2c2ccccc2n3-c2ccc3sc4ccccc4c3c2)cc1. The maximum Gasteiger partial charge on any atom is 0.0991 e. The van der Waals surface area contributed by atoms with Gasteiger partial charge in [0.2, 0.25) is 0 Å². The van der Waals surface area contributed by atoms with E-state index in [1.54, 1.807) is 0 Å². The van der Waals surface area contributed by atoms with E-state index in [9.17, 15) is 5.26 Å². The highest BCUT2D eigenvalue weighted by Gasteiger charge is 2.22. The van der Waals surface area contributed by atoms with Crippen LogP contribution in [0.15, 0.2) is 182 Å². The van der Waals surface area contributed by atoms with Gasteiger partial charge in [0.15, 0.2) is 0 Å². The van der Waals surface area contributed by atoms with E-state index < -0.39 is 0 Å². The fraction of sp³-hybridized carbons (Fsp3) is 0. The van der Waals surface area contributed by atoms with E-state index in [1.165, 1.54) is 52.8 Å². The van der Waals surface area contributed by atoms with E-state index >= 15 is 0 Å². The summed E-state index contributed by atoms with van der Waals surface area (Å²) in [5, 5.41) is 17.1. The van der Waals surface area contributed by atoms with Crippen molar-refractivity contribution in [3.63, 3.8) is 0 Å². The number of anilines is 3. The molecule has 3 aromatic heterocycles. The van der Waals surface area contributed by atoms with Crippen LogP contribution < -0.4 is 4.90 Å². The highest BCUT2D eigenvalue weighted by Crippen LogP contribution is 2.45. The first-order valence-corrected chi connectivity index (χ1v) is 18.9. The molecule has 0 saturated carbocycles. The second-order valence-electron chi connectivity index (χ2n) is 13.7. The zero-order chi connectivity index (χ0) is 35.8. The van der Waals surface area contributed by atoms with Crippen LogP contribution in [0.1, 0.15) is 5.56 Å². The Hall–Kier alpha value is -7.13. The number of thiophene rings is 1. The van der Waals surface area contributed by atoms with Crippen molar-refractivity contribution in [2.45, 2.75) is 0 Å². The van der Waals surface area contributed by atoms with Gasteiger partial charge in [-0.25, -0.2) is 0 Å². The standard InChI is InChI=1S/C49H30N4S/c50-31-32-20-22-33(23-21-32)51(34-24-26-35(27-25-34)52-42-14-5-1-10-37(42)38-11-2-6-15-43(38)52)45-17-9-18-46-49(45)40-13-3-7-16-44(40)53(46)36-28-29-48-41(30-36)39-12-4-8-19-47(39)54-48/h1-30H. The van der Waals surface area contributed by atoms with Crippen LogP contribution in [-0.2, 0) is 0 Å². The third kappa shape index (κ3) is 4.54. The fourth-order valence-corrected chi connectivity index (χ4v) is 9.47. The minimum atomic E-state index is 0.631. The first kappa shape index (κ1) is 30.5. The Labute approximate surface area is 315 Å². The minimum absolute atomic E-state index is 0.631. The minimum Gasteiger partial charge on any atom is -0.310 e. The van der Waals surface area contributed by atoms with Gasteiger partial charge in [-0.3, -0.25) is 0 Å². The number of benzene rings is 8. The Morgan fingerprint density at radius 2 is 0.944 bits per heavy atom. The predicted molar refractivity (Wildman–Crippen MR) is 227 cm³/mol. The van der Waals surface area contributed by atoms with Crippen LogP contribution in [0.3, 0.4) is 0 Å². The van der Waals surface area contributed by atoms with Crippen LogP contribution in [0.4, 0.5) is 17.1 Å². The second kappa shape index (κ2) is 12.0. The van der Waals surface area contributed by atoms with E-state index in [0.717, 1.165) is 39.5 Å². The molecule has 54 heavy (non-hydrogen) atoms. The average molecular weight is 707 g/mol. The largest absolute Gasteiger partial charge is 0.310 e. The lowest BCUT2D eigenvalue weighted by molar-refractivity contribution is 1.17. The molecule has 0 radical (unpaired) electrons. The smallest absolute Gasteiger partial charge is 0.0991 e. The predicted octanol–water partition coefficient (Wildman–Crippen LogP) is 13.6. The maximum absolute atomic E-state index is 9.69. The Balaban J connectivity index is 1.13. The van der Waals surface area contributed by atoms with Crippen LogP contribution in [0, 0.1) is 11.3 Å². The molecular formula is C49H30N4S. The Morgan fingerprint density at radius 3 is 1.63 bits per heavy atom. The van der Waals surface area contributed by atoms with Gasteiger partial charge in [-0.2, -0.15) is 5.26 Å². The van der Waals surface area contributed by atoms with E-state index in [2.05, 4.69) is 178 Å². The molecule has 11 rings (SSSR count). The molecular weight excluding hydrogens is 677 g/mol. The van der Waals surface area contributed by atoms with Crippen molar-refractivity contribution in [3.8, 4) is 17.4 Å². The number of hydrogen-bond donors (Lipinski definition) is 0. The van der Waals surface area contributed by atoms with Crippen LogP contribution in [0.2, 0.25) is 0 Å². The van der Waals surface area contributed by atoms with Crippen molar-refractivity contribution in [1.82, 2.24) is 9.13 Å². The lowest BCUT2D eigenvalue weighted by atomic mass is 10.1. The van der Waals surface area contributed by atoms with Crippen molar-refractivity contribution in [3.05, 3.63) is 188 Å². The molecule has 0 unspecified atom stereocenters. The van der Waals surface area contributed by atoms with Crippen LogP contribution in [-0.4, -0.2) is 9.13 Å². The third-order valence-electron chi connectivity index (χ3n) is 10.7. The Kier molecular flexibility index (Phi) is 6.75. The molecule has 0 bridgehead atoms. The highest BCUT2D eigenvalue weighted by atomic mass is 32.1. The van der Waals surface area contributed by atoms with Gasteiger partial charge >= 0.3 is 0 Å². The molecule has 0 atom stereocenters. The van der Waals surface area contributed by atoms with E-state index in [-0.39, 0.29) is 0 Å². The van der Waals surface area contributed by atoms with Gasteiger partial charge in [0.05, 0.1) is 39.4 Å². The Morgan fingerprint density at radius 1 is 0.426 bits per heavy atom. The molecule has 3 heterocycles. The number of nitrogens with zero attached hydrogens (tertiary/aromatic N) is 4. The summed E-state index contributed by atoms with van der Waals surface area (Å²) in [5.41, 5.74) is 10.6. The topological polar surface area (TPSA) is 36.9 Å². The zero-order valence-corrected chi connectivity index (χ0v) is 29.8. The molecule has 0 aliphatic carbocycles. The van der Waals surface area contributed by atoms with Crippen molar-refractivity contribution in [2.75, 3.05) is 4.90 Å². The molecule has 0 spiro atoms. The second-order valence-corrected chi connectivity index (χ2v) is 14.8. The van der Waals surface area contributed by atoms with Crippen molar-refractivity contribution in [2.24, 2.45) is 0 Å². The van der Waals surface area contributed by atoms with Crippen LogP contribution in [0.25, 0.3) is 75.2 Å². The van der Waals surface area contributed by atoms with Crippen molar-refractivity contribution >= 4 is 92.2 Å². The quantitative estimate of drug-likeness (QED) is 0.179. The molecule has 0 fully saturated rings. The molecule has 0 aliphatic rings. The summed E-state index contributed by atoms with van der Waals surface area (Å²) < 4.78 is 7.35. The molecule has 0 aliphatic heterocycles. The van der Waals surface area contributed by atoms with Crippen LogP contribution in [0.5, 0.6) is 0 Å². The maximum atomic E-state index is 9.69. The van der Waals surface area contributed by atoms with E-state index in [1.807, 2.05) is 35.6 Å². The molecule has 0 saturated heterocycles. The molecule has 252 valence electrons. The first-order chi connectivity index (χ1) is 26.7. The number of hydrogen-bond acceptors (Lipinski definition) is 3. The third-order valence-corrected chi connectivity index (χ3v) is 11.9. The summed E-state index contributed by atoms with van der Waals surface area (Å²) in [4.78, 5) is 2.32. The number of aromatic nitrogens is 2. The number of para-hydroxylation sites is 3. The molecule has 8 aromatic carbocycles.